The Bertz CT molecular complexity index is 982. The van der Waals surface area contributed by atoms with Crippen LogP contribution in [0.5, 0.6) is 0 Å². The molecule has 1 aliphatic rings. The van der Waals surface area contributed by atoms with Gasteiger partial charge in [-0.2, -0.15) is 13.2 Å². The third-order valence-corrected chi connectivity index (χ3v) is 5.46. The zero-order valence-corrected chi connectivity index (χ0v) is 18.5. The van der Waals surface area contributed by atoms with Gasteiger partial charge in [-0.15, -0.1) is 0 Å². The quantitative estimate of drug-likeness (QED) is 0.191. The Hall–Kier alpha value is -3.16. The van der Waals surface area contributed by atoms with Crippen LogP contribution in [0.15, 0.2) is 59.6 Å². The van der Waals surface area contributed by atoms with Crippen molar-refractivity contribution in [1.82, 2.24) is 0 Å². The van der Waals surface area contributed by atoms with E-state index in [1.165, 1.54) is 19.3 Å². The van der Waals surface area contributed by atoms with Crippen molar-refractivity contribution in [2.24, 2.45) is 5.16 Å². The zero-order valence-electron chi connectivity index (χ0n) is 18.5. The molecule has 1 fully saturated rings. The lowest BCUT2D eigenvalue weighted by Crippen LogP contribution is -2.11. The Morgan fingerprint density at radius 3 is 2.48 bits per heavy atom. The molecule has 0 bridgehead atoms. The Morgan fingerprint density at radius 2 is 1.91 bits per heavy atom. The predicted octanol–water partition coefficient (Wildman–Crippen LogP) is 7.21. The highest BCUT2D eigenvalue weighted by molar-refractivity contribution is 6.41. The Labute approximate surface area is 190 Å². The van der Waals surface area contributed by atoms with Crippen molar-refractivity contribution < 1.29 is 32.3 Å². The monoisotopic (exact) mass is 465 g/mol. The van der Waals surface area contributed by atoms with Crippen LogP contribution in [0.3, 0.4) is 0 Å². The van der Waals surface area contributed by atoms with Crippen LogP contribution in [-0.2, 0) is 9.63 Å². The summed E-state index contributed by atoms with van der Waals surface area (Å²) in [7, 11) is 1.25. The van der Waals surface area contributed by atoms with Gasteiger partial charge in [0, 0.05) is 5.57 Å². The average Bonchev–Trinajstić information content (AvgIpc) is 2.79. The SMILES string of the molecule is CO/N=C(\C=C\c1ccc(C(=C/C=C/F)/C=C(\C)C(F)(F)F)cc1C1CCCCC1)C(=O)O. The number of halogens is 4. The summed E-state index contributed by atoms with van der Waals surface area (Å²) >= 11 is 0. The van der Waals surface area contributed by atoms with E-state index in [2.05, 4.69) is 9.99 Å². The lowest BCUT2D eigenvalue weighted by Gasteiger charge is -2.24. The van der Waals surface area contributed by atoms with Crippen molar-refractivity contribution in [1.29, 1.82) is 0 Å². The summed E-state index contributed by atoms with van der Waals surface area (Å²) < 4.78 is 52.0. The minimum atomic E-state index is -4.50. The first-order chi connectivity index (χ1) is 15.7. The Morgan fingerprint density at radius 1 is 1.21 bits per heavy atom. The van der Waals surface area contributed by atoms with Gasteiger partial charge in [-0.05, 0) is 66.2 Å². The highest BCUT2D eigenvalue weighted by Crippen LogP contribution is 2.37. The smallest absolute Gasteiger partial charge is 0.412 e. The molecule has 0 saturated heterocycles. The van der Waals surface area contributed by atoms with Crippen LogP contribution >= 0.6 is 0 Å². The number of hydrogen-bond donors (Lipinski definition) is 1. The predicted molar refractivity (Wildman–Crippen MR) is 121 cm³/mol. The number of rotatable bonds is 8. The summed E-state index contributed by atoms with van der Waals surface area (Å²) in [6, 6.07) is 5.17. The molecular formula is C25H27F4NO3. The van der Waals surface area contributed by atoms with Crippen molar-refractivity contribution in [3.63, 3.8) is 0 Å². The molecule has 0 amide bonds. The number of carbonyl (C=O) groups is 1. The van der Waals surface area contributed by atoms with Gasteiger partial charge in [0.2, 0.25) is 0 Å². The fraction of sp³-hybridized carbons (Fsp3) is 0.360. The number of hydrogen-bond acceptors (Lipinski definition) is 3. The van der Waals surface area contributed by atoms with E-state index < -0.39 is 17.7 Å². The lowest BCUT2D eigenvalue weighted by atomic mass is 9.80. The molecule has 4 nitrogen and oxygen atoms in total. The molecule has 1 saturated carbocycles. The maximum Gasteiger partial charge on any atom is 0.412 e. The minimum absolute atomic E-state index is 0.177. The van der Waals surface area contributed by atoms with Gasteiger partial charge in [-0.1, -0.05) is 54.8 Å². The van der Waals surface area contributed by atoms with Gasteiger partial charge in [0.15, 0.2) is 5.71 Å². The zero-order chi connectivity index (χ0) is 24.4. The molecule has 0 aliphatic heterocycles. The molecule has 33 heavy (non-hydrogen) atoms. The summed E-state index contributed by atoms with van der Waals surface area (Å²) in [4.78, 5) is 15.9. The normalized spacial score (nSPS) is 17.2. The summed E-state index contributed by atoms with van der Waals surface area (Å²) in [5.41, 5.74) is 1.29. The number of alkyl halides is 3. The molecule has 0 aromatic heterocycles. The third-order valence-electron chi connectivity index (χ3n) is 5.46. The van der Waals surface area contributed by atoms with Gasteiger partial charge < -0.3 is 9.94 Å². The highest BCUT2D eigenvalue weighted by Gasteiger charge is 2.30. The Kier molecular flexibility index (Phi) is 9.63. The lowest BCUT2D eigenvalue weighted by molar-refractivity contribution is -0.129. The summed E-state index contributed by atoms with van der Waals surface area (Å²) in [6.07, 6.45) is 7.04. The number of nitrogens with zero attached hydrogens (tertiary/aromatic N) is 1. The molecule has 178 valence electrons. The molecule has 2 rings (SSSR count). The van der Waals surface area contributed by atoms with E-state index in [-0.39, 0.29) is 23.5 Å². The number of oxime groups is 1. The summed E-state index contributed by atoms with van der Waals surface area (Å²) in [5, 5.41) is 12.7. The highest BCUT2D eigenvalue weighted by atomic mass is 19.4. The van der Waals surface area contributed by atoms with E-state index in [4.69, 9.17) is 0 Å². The molecule has 0 atom stereocenters. The number of carboxylic acid groups (broad SMARTS) is 1. The van der Waals surface area contributed by atoms with E-state index in [0.29, 0.717) is 5.56 Å². The second kappa shape index (κ2) is 12.2. The van der Waals surface area contributed by atoms with Gasteiger partial charge in [0.05, 0.1) is 6.33 Å². The van der Waals surface area contributed by atoms with Crippen LogP contribution in [0, 0.1) is 0 Å². The molecule has 0 unspecified atom stereocenters. The number of aliphatic carboxylic acids is 1. The molecular weight excluding hydrogens is 438 g/mol. The number of allylic oxidation sites excluding steroid dienone is 5. The van der Waals surface area contributed by atoms with Gasteiger partial charge in [-0.25, -0.2) is 9.18 Å². The molecule has 1 aromatic carbocycles. The van der Waals surface area contributed by atoms with Crippen molar-refractivity contribution in [2.45, 2.75) is 51.1 Å². The molecule has 8 heteroatoms. The van der Waals surface area contributed by atoms with Crippen molar-refractivity contribution in [3.8, 4) is 0 Å². The van der Waals surface area contributed by atoms with Crippen molar-refractivity contribution in [2.75, 3.05) is 7.11 Å². The van der Waals surface area contributed by atoms with E-state index in [1.54, 1.807) is 18.2 Å². The molecule has 0 heterocycles. The average molecular weight is 465 g/mol. The van der Waals surface area contributed by atoms with E-state index in [0.717, 1.165) is 62.3 Å². The fourth-order valence-electron chi connectivity index (χ4n) is 3.76. The van der Waals surface area contributed by atoms with Crippen LogP contribution in [0.1, 0.15) is 61.6 Å². The van der Waals surface area contributed by atoms with Crippen LogP contribution in [0.4, 0.5) is 17.6 Å². The second-order valence-corrected chi connectivity index (χ2v) is 7.74. The van der Waals surface area contributed by atoms with Gasteiger partial charge in [-0.3, -0.25) is 0 Å². The van der Waals surface area contributed by atoms with Gasteiger partial charge >= 0.3 is 12.1 Å². The third kappa shape index (κ3) is 7.73. The van der Waals surface area contributed by atoms with Crippen molar-refractivity contribution >= 4 is 23.3 Å². The molecule has 0 spiro atoms. The minimum Gasteiger partial charge on any atom is -0.476 e. The summed E-state index contributed by atoms with van der Waals surface area (Å²) in [5.74, 6) is -1.07. The maximum absolute atomic E-state index is 13.1. The van der Waals surface area contributed by atoms with Crippen LogP contribution in [0.25, 0.3) is 11.6 Å². The standard InChI is InChI=1S/C25H27F4NO3/c1-17(25(27,28)29)15-20(9-6-14-26)21-11-10-19(12-13-23(24(31)32)30-33-2)22(16-21)18-7-4-3-5-8-18/h6,9-16,18H,3-5,7-8H2,1-2H3,(H,31,32)/b13-12+,14-6+,17-15+,20-9+,30-23+. The van der Waals surface area contributed by atoms with Crippen LogP contribution in [-0.4, -0.2) is 30.1 Å². The molecule has 0 radical (unpaired) electrons. The van der Waals surface area contributed by atoms with Gasteiger partial charge in [0.25, 0.3) is 0 Å². The maximum atomic E-state index is 13.1. The first-order valence-corrected chi connectivity index (χ1v) is 10.6. The van der Waals surface area contributed by atoms with E-state index >= 15 is 0 Å². The van der Waals surface area contributed by atoms with Crippen LogP contribution in [0.2, 0.25) is 0 Å². The fourth-order valence-corrected chi connectivity index (χ4v) is 3.76. The first kappa shape index (κ1) is 26.1. The van der Waals surface area contributed by atoms with Gasteiger partial charge in [0.1, 0.15) is 7.11 Å². The molecule has 1 aromatic rings. The molecule has 1 aliphatic carbocycles. The summed E-state index contributed by atoms with van der Waals surface area (Å²) in [6.45, 7) is 0.967. The first-order valence-electron chi connectivity index (χ1n) is 10.6. The largest absolute Gasteiger partial charge is 0.476 e. The molecule has 1 N–H and O–H groups in total. The van der Waals surface area contributed by atoms with E-state index in [1.807, 2.05) is 6.07 Å². The topological polar surface area (TPSA) is 58.9 Å². The van der Waals surface area contributed by atoms with Crippen molar-refractivity contribution in [3.05, 3.63) is 71.1 Å². The number of carboxylic acids is 1. The number of benzene rings is 1. The Balaban J connectivity index is 2.59. The second-order valence-electron chi connectivity index (χ2n) is 7.74. The van der Waals surface area contributed by atoms with Crippen LogP contribution < -0.4 is 0 Å². The van der Waals surface area contributed by atoms with E-state index in [9.17, 15) is 27.5 Å².